The van der Waals surface area contributed by atoms with Crippen LogP contribution in [0.3, 0.4) is 0 Å². The molecule has 1 saturated heterocycles. The predicted molar refractivity (Wildman–Crippen MR) is 117 cm³/mol. The van der Waals surface area contributed by atoms with Gasteiger partial charge in [-0.1, -0.05) is 30.3 Å². The van der Waals surface area contributed by atoms with E-state index in [-0.39, 0.29) is 29.5 Å². The highest BCUT2D eigenvalue weighted by molar-refractivity contribution is 7.80. The Balaban J connectivity index is 1.51. The van der Waals surface area contributed by atoms with E-state index in [0.29, 0.717) is 17.8 Å². The third-order valence-electron chi connectivity index (χ3n) is 4.76. The van der Waals surface area contributed by atoms with Crippen molar-refractivity contribution in [1.29, 1.82) is 0 Å². The first kappa shape index (κ1) is 21.0. The first-order valence-corrected chi connectivity index (χ1v) is 10.1. The molecular weight excluding hydrogens is 386 g/mol. The summed E-state index contributed by atoms with van der Waals surface area (Å²) < 4.78 is 5.52. The lowest BCUT2D eigenvalue weighted by Crippen LogP contribution is -2.35. The molecule has 29 heavy (non-hydrogen) atoms. The van der Waals surface area contributed by atoms with Crippen molar-refractivity contribution in [1.82, 2.24) is 10.6 Å². The first-order chi connectivity index (χ1) is 14.0. The molecule has 0 radical (unpaired) electrons. The molecule has 0 bridgehead atoms. The van der Waals surface area contributed by atoms with Gasteiger partial charge in [-0.25, -0.2) is 0 Å². The van der Waals surface area contributed by atoms with Crippen LogP contribution in [0.2, 0.25) is 0 Å². The van der Waals surface area contributed by atoms with E-state index in [1.54, 1.807) is 24.3 Å². The number of aryl methyl sites for hydroxylation is 1. The fourth-order valence-electron chi connectivity index (χ4n) is 3.17. The van der Waals surface area contributed by atoms with Crippen molar-refractivity contribution < 1.29 is 14.3 Å². The third kappa shape index (κ3) is 6.37. The second kappa shape index (κ2) is 10.1. The topological polar surface area (TPSA) is 79.5 Å². The number of rotatable bonds is 6. The summed E-state index contributed by atoms with van der Waals surface area (Å²) in [6.07, 6.45) is 2.35. The molecule has 1 heterocycles. The zero-order valence-electron chi connectivity index (χ0n) is 16.4. The molecule has 2 amide bonds. The lowest BCUT2D eigenvalue weighted by Gasteiger charge is -2.13. The normalized spacial score (nSPS) is 15.6. The molecule has 0 aliphatic carbocycles. The lowest BCUT2D eigenvalue weighted by molar-refractivity contribution is -0.119. The van der Waals surface area contributed by atoms with Crippen LogP contribution in [0, 0.1) is 6.92 Å². The molecule has 2 aromatic carbocycles. The predicted octanol–water partition coefficient (Wildman–Crippen LogP) is 2.96. The zero-order valence-corrected chi connectivity index (χ0v) is 17.2. The van der Waals surface area contributed by atoms with E-state index < -0.39 is 0 Å². The van der Waals surface area contributed by atoms with Gasteiger partial charge < -0.3 is 20.7 Å². The lowest BCUT2D eigenvalue weighted by atomic mass is 10.1. The number of amides is 2. The maximum atomic E-state index is 12.4. The summed E-state index contributed by atoms with van der Waals surface area (Å²) in [7, 11) is 0. The van der Waals surface area contributed by atoms with Gasteiger partial charge in [0.05, 0.1) is 12.5 Å². The van der Waals surface area contributed by atoms with E-state index in [4.69, 9.17) is 17.0 Å². The van der Waals surface area contributed by atoms with Gasteiger partial charge in [0.15, 0.2) is 5.11 Å². The average molecular weight is 412 g/mol. The molecule has 1 atom stereocenters. The highest BCUT2D eigenvalue weighted by atomic mass is 32.1. The van der Waals surface area contributed by atoms with Crippen LogP contribution in [0.15, 0.2) is 48.5 Å². The highest BCUT2D eigenvalue weighted by Crippen LogP contribution is 2.13. The standard InChI is InChI=1S/C22H25N3O3S/c1-15-6-2-3-7-16(15)13-20(26)25-22(29)24-18-9-4-8-17(12-18)21(27)23-14-19-10-5-11-28-19/h2-4,6-9,12,19H,5,10-11,13-14H2,1H3,(H,23,27)(H2,24,25,26,29). The Morgan fingerprint density at radius 2 is 2.00 bits per heavy atom. The Morgan fingerprint density at radius 3 is 2.76 bits per heavy atom. The molecule has 1 fully saturated rings. The first-order valence-electron chi connectivity index (χ1n) is 9.66. The van der Waals surface area contributed by atoms with Gasteiger partial charge in [-0.15, -0.1) is 0 Å². The summed E-state index contributed by atoms with van der Waals surface area (Å²) in [5.41, 5.74) is 3.17. The molecule has 2 aromatic rings. The molecule has 0 saturated carbocycles. The Hall–Kier alpha value is -2.77. The Labute approximate surface area is 176 Å². The second-order valence-electron chi connectivity index (χ2n) is 7.03. The fraction of sp³-hybridized carbons (Fsp3) is 0.318. The number of hydrogen-bond acceptors (Lipinski definition) is 4. The Kier molecular flexibility index (Phi) is 7.32. The van der Waals surface area contributed by atoms with Gasteiger partial charge in [0, 0.05) is 24.4 Å². The van der Waals surface area contributed by atoms with Crippen LogP contribution < -0.4 is 16.0 Å². The molecule has 152 valence electrons. The average Bonchev–Trinajstić information content (AvgIpc) is 3.21. The van der Waals surface area contributed by atoms with Crippen LogP contribution in [-0.4, -0.2) is 36.2 Å². The van der Waals surface area contributed by atoms with Crippen LogP contribution in [0.4, 0.5) is 5.69 Å². The Bertz CT molecular complexity index is 894. The summed E-state index contributed by atoms with van der Waals surface area (Å²) in [4.78, 5) is 24.6. The minimum Gasteiger partial charge on any atom is -0.376 e. The van der Waals surface area contributed by atoms with Crippen molar-refractivity contribution in [3.05, 3.63) is 65.2 Å². The number of carbonyl (C=O) groups is 2. The van der Waals surface area contributed by atoms with E-state index in [0.717, 1.165) is 30.6 Å². The smallest absolute Gasteiger partial charge is 0.251 e. The van der Waals surface area contributed by atoms with Gasteiger partial charge in [-0.3, -0.25) is 9.59 Å². The van der Waals surface area contributed by atoms with Crippen molar-refractivity contribution in [2.24, 2.45) is 0 Å². The number of hydrogen-bond donors (Lipinski definition) is 3. The van der Waals surface area contributed by atoms with E-state index in [2.05, 4.69) is 16.0 Å². The van der Waals surface area contributed by atoms with Crippen LogP contribution in [0.5, 0.6) is 0 Å². The van der Waals surface area contributed by atoms with Crippen LogP contribution in [0.25, 0.3) is 0 Å². The van der Waals surface area contributed by atoms with Gasteiger partial charge in [-0.05, 0) is 61.3 Å². The maximum absolute atomic E-state index is 12.4. The summed E-state index contributed by atoms with van der Waals surface area (Å²) in [5.74, 6) is -0.360. The van der Waals surface area contributed by atoms with E-state index in [1.165, 1.54) is 0 Å². The molecular formula is C22H25N3O3S. The quantitative estimate of drug-likeness (QED) is 0.637. The molecule has 6 nitrogen and oxygen atoms in total. The van der Waals surface area contributed by atoms with Crippen molar-refractivity contribution >= 4 is 34.8 Å². The van der Waals surface area contributed by atoms with E-state index in [9.17, 15) is 9.59 Å². The van der Waals surface area contributed by atoms with Gasteiger partial charge in [0.2, 0.25) is 5.91 Å². The van der Waals surface area contributed by atoms with Gasteiger partial charge in [-0.2, -0.15) is 0 Å². The maximum Gasteiger partial charge on any atom is 0.251 e. The molecule has 0 aromatic heterocycles. The summed E-state index contributed by atoms with van der Waals surface area (Å²) in [6.45, 7) is 3.23. The second-order valence-corrected chi connectivity index (χ2v) is 7.44. The fourth-order valence-corrected chi connectivity index (χ4v) is 3.40. The minimum absolute atomic E-state index is 0.0938. The molecule has 1 aliphatic rings. The molecule has 3 rings (SSSR count). The molecule has 1 aliphatic heterocycles. The number of thiocarbonyl (C=S) groups is 1. The van der Waals surface area contributed by atoms with Crippen molar-refractivity contribution in [2.75, 3.05) is 18.5 Å². The molecule has 1 unspecified atom stereocenters. The number of nitrogens with one attached hydrogen (secondary N) is 3. The van der Waals surface area contributed by atoms with E-state index in [1.807, 2.05) is 31.2 Å². The van der Waals surface area contributed by atoms with Crippen molar-refractivity contribution in [3.63, 3.8) is 0 Å². The zero-order chi connectivity index (χ0) is 20.6. The highest BCUT2D eigenvalue weighted by Gasteiger charge is 2.17. The SMILES string of the molecule is Cc1ccccc1CC(=O)NC(=S)Nc1cccc(C(=O)NCC2CCCO2)c1. The summed E-state index contributed by atoms with van der Waals surface area (Å²) in [5, 5.41) is 8.73. The van der Waals surface area contributed by atoms with Crippen molar-refractivity contribution in [2.45, 2.75) is 32.3 Å². The van der Waals surface area contributed by atoms with E-state index >= 15 is 0 Å². The van der Waals surface area contributed by atoms with Gasteiger partial charge in [0.1, 0.15) is 0 Å². The Morgan fingerprint density at radius 1 is 1.17 bits per heavy atom. The number of carbonyl (C=O) groups excluding carboxylic acids is 2. The monoisotopic (exact) mass is 411 g/mol. The summed E-state index contributed by atoms with van der Waals surface area (Å²) in [6, 6.07) is 14.7. The van der Waals surface area contributed by atoms with Gasteiger partial charge >= 0.3 is 0 Å². The number of ether oxygens (including phenoxy) is 1. The summed E-state index contributed by atoms with van der Waals surface area (Å²) >= 11 is 5.23. The minimum atomic E-state index is -0.192. The largest absolute Gasteiger partial charge is 0.376 e. The molecule has 3 N–H and O–H groups in total. The van der Waals surface area contributed by atoms with Crippen LogP contribution in [0.1, 0.15) is 34.3 Å². The number of anilines is 1. The van der Waals surface area contributed by atoms with Crippen LogP contribution in [-0.2, 0) is 16.0 Å². The number of benzene rings is 2. The molecule has 0 spiro atoms. The third-order valence-corrected chi connectivity index (χ3v) is 4.97. The van der Waals surface area contributed by atoms with Crippen molar-refractivity contribution in [3.8, 4) is 0 Å². The van der Waals surface area contributed by atoms with Gasteiger partial charge in [0.25, 0.3) is 5.91 Å². The van der Waals surface area contributed by atoms with Crippen LogP contribution >= 0.6 is 12.2 Å². The molecule has 7 heteroatoms.